The average Bonchev–Trinajstić information content (AvgIpc) is 3.12. The topological polar surface area (TPSA) is 93.8 Å². The van der Waals surface area contributed by atoms with Gasteiger partial charge in [0.25, 0.3) is 0 Å². The summed E-state index contributed by atoms with van der Waals surface area (Å²) >= 11 is 0. The van der Waals surface area contributed by atoms with Gasteiger partial charge >= 0.3 is 0 Å². The van der Waals surface area contributed by atoms with Gasteiger partial charge in [-0.25, -0.2) is 0 Å². The molecule has 114 valence electrons. The van der Waals surface area contributed by atoms with Crippen molar-refractivity contribution < 1.29 is 4.74 Å². The summed E-state index contributed by atoms with van der Waals surface area (Å²) < 4.78 is 7.11. The molecule has 0 radical (unpaired) electrons. The number of aromatic nitrogens is 4. The molecule has 2 heterocycles. The van der Waals surface area contributed by atoms with Crippen molar-refractivity contribution in [2.45, 2.75) is 13.3 Å². The fourth-order valence-electron chi connectivity index (χ4n) is 1.84. The second kappa shape index (κ2) is 8.23. The summed E-state index contributed by atoms with van der Waals surface area (Å²) in [6.45, 7) is 5.39. The summed E-state index contributed by atoms with van der Waals surface area (Å²) in [5, 5.41) is 14.2. The number of nitrogens with two attached hydrogens (primary N) is 1. The van der Waals surface area contributed by atoms with Crippen LogP contribution in [-0.2, 0) is 4.74 Å². The van der Waals surface area contributed by atoms with Crippen LogP contribution >= 0.6 is 0 Å². The summed E-state index contributed by atoms with van der Waals surface area (Å²) in [4.78, 5) is 0. The van der Waals surface area contributed by atoms with Crippen LogP contribution in [0.2, 0.25) is 0 Å². The van der Waals surface area contributed by atoms with Crippen molar-refractivity contribution in [2.24, 2.45) is 0 Å². The van der Waals surface area contributed by atoms with Gasteiger partial charge < -0.3 is 15.8 Å². The first-order chi connectivity index (χ1) is 10.3. The maximum atomic E-state index is 6.05. The summed E-state index contributed by atoms with van der Waals surface area (Å²) in [7, 11) is 0. The molecule has 0 amide bonds. The number of nitrogens with zero attached hydrogens (tertiary/aromatic N) is 3. The third kappa shape index (κ3) is 4.44. The van der Waals surface area contributed by atoms with Crippen molar-refractivity contribution in [1.82, 2.24) is 25.3 Å². The Morgan fingerprint density at radius 1 is 1.48 bits per heavy atom. The minimum Gasteiger partial charge on any atom is -0.383 e. The fraction of sp³-hybridized carbons (Fsp3) is 0.429. The molecule has 0 aliphatic carbocycles. The quantitative estimate of drug-likeness (QED) is 0.603. The minimum absolute atomic E-state index is 0.587. The Morgan fingerprint density at radius 2 is 2.38 bits per heavy atom. The lowest BCUT2D eigenvalue weighted by Gasteiger charge is -2.02. The van der Waals surface area contributed by atoms with Crippen LogP contribution in [0, 0.1) is 0 Å². The smallest absolute Gasteiger partial charge is 0.151 e. The van der Waals surface area contributed by atoms with Gasteiger partial charge in [0.1, 0.15) is 5.82 Å². The maximum absolute atomic E-state index is 6.05. The number of nitrogens with one attached hydrogen (secondary N) is 2. The molecule has 0 aromatic carbocycles. The zero-order chi connectivity index (χ0) is 14.9. The Balaban J connectivity index is 1.77. The second-order valence-corrected chi connectivity index (χ2v) is 4.50. The molecule has 0 aliphatic rings. The molecule has 2 aromatic rings. The number of aromatic amines is 1. The fourth-order valence-corrected chi connectivity index (χ4v) is 1.84. The summed E-state index contributed by atoms with van der Waals surface area (Å²) in [6.07, 6.45) is 8.25. The molecule has 0 bridgehead atoms. The lowest BCUT2D eigenvalue weighted by molar-refractivity contribution is 0.141. The van der Waals surface area contributed by atoms with Crippen molar-refractivity contribution >= 4 is 11.9 Å². The van der Waals surface area contributed by atoms with Crippen LogP contribution in [-0.4, -0.2) is 46.3 Å². The normalized spacial score (nSPS) is 11.5. The van der Waals surface area contributed by atoms with Crippen LogP contribution in [0.15, 0.2) is 24.5 Å². The van der Waals surface area contributed by atoms with Gasteiger partial charge in [0.15, 0.2) is 5.82 Å². The van der Waals surface area contributed by atoms with Gasteiger partial charge in [-0.2, -0.15) is 14.9 Å². The molecule has 4 N–H and O–H groups in total. The molecular formula is C14H22N6O. The SMILES string of the molecule is CCNCCOCC/C=C\c1cnn(-c2ccn[nH]2)c1N. The van der Waals surface area contributed by atoms with E-state index < -0.39 is 0 Å². The van der Waals surface area contributed by atoms with E-state index in [9.17, 15) is 0 Å². The molecule has 0 fully saturated rings. The molecule has 0 unspecified atom stereocenters. The molecule has 0 saturated heterocycles. The maximum Gasteiger partial charge on any atom is 0.151 e. The summed E-state index contributed by atoms with van der Waals surface area (Å²) in [6, 6.07) is 1.81. The van der Waals surface area contributed by atoms with Crippen LogP contribution in [0.1, 0.15) is 18.9 Å². The second-order valence-electron chi connectivity index (χ2n) is 4.50. The lowest BCUT2D eigenvalue weighted by Crippen LogP contribution is -2.19. The average molecular weight is 290 g/mol. The predicted octanol–water partition coefficient (Wildman–Crippen LogP) is 1.21. The summed E-state index contributed by atoms with van der Waals surface area (Å²) in [5.41, 5.74) is 6.94. The van der Waals surface area contributed by atoms with Gasteiger partial charge in [-0.15, -0.1) is 0 Å². The van der Waals surface area contributed by atoms with Crippen molar-refractivity contribution in [3.63, 3.8) is 0 Å². The number of anilines is 1. The van der Waals surface area contributed by atoms with Crippen LogP contribution < -0.4 is 11.1 Å². The van der Waals surface area contributed by atoms with E-state index in [1.807, 2.05) is 18.2 Å². The Morgan fingerprint density at radius 3 is 3.14 bits per heavy atom. The Labute approximate surface area is 124 Å². The number of nitrogen functional groups attached to an aromatic ring is 1. The van der Waals surface area contributed by atoms with Crippen LogP contribution in [0.4, 0.5) is 5.82 Å². The van der Waals surface area contributed by atoms with Gasteiger partial charge in [0.2, 0.25) is 0 Å². The van der Waals surface area contributed by atoms with E-state index in [2.05, 4.69) is 27.5 Å². The number of hydrogen-bond acceptors (Lipinski definition) is 5. The highest BCUT2D eigenvalue weighted by atomic mass is 16.5. The highest BCUT2D eigenvalue weighted by Crippen LogP contribution is 2.16. The van der Waals surface area contributed by atoms with E-state index >= 15 is 0 Å². The molecule has 7 heteroatoms. The first-order valence-electron chi connectivity index (χ1n) is 7.11. The van der Waals surface area contributed by atoms with Crippen molar-refractivity contribution in [2.75, 3.05) is 32.0 Å². The molecule has 0 saturated carbocycles. The lowest BCUT2D eigenvalue weighted by atomic mass is 10.2. The third-order valence-electron chi connectivity index (χ3n) is 2.95. The molecule has 7 nitrogen and oxygen atoms in total. The number of H-pyrrole nitrogens is 1. The molecule has 0 aliphatic heterocycles. The van der Waals surface area contributed by atoms with Gasteiger partial charge in [-0.3, -0.25) is 5.10 Å². The largest absolute Gasteiger partial charge is 0.383 e. The van der Waals surface area contributed by atoms with E-state index in [0.717, 1.165) is 37.5 Å². The van der Waals surface area contributed by atoms with E-state index in [-0.39, 0.29) is 0 Å². The Bertz CT molecular complexity index is 546. The molecule has 21 heavy (non-hydrogen) atoms. The standard InChI is InChI=1S/C14H22N6O/c1-2-16-8-10-21-9-4-3-5-12-11-18-20(14(12)15)13-6-7-17-19-13/h3,5-7,11,16H,2,4,8-10,15H2,1H3,(H,17,19)/b5-3-. The Kier molecular flexibility index (Phi) is 5.99. The van der Waals surface area contributed by atoms with E-state index in [1.54, 1.807) is 17.1 Å². The monoisotopic (exact) mass is 290 g/mol. The van der Waals surface area contributed by atoms with Gasteiger partial charge in [-0.05, 0) is 13.0 Å². The summed E-state index contributed by atoms with van der Waals surface area (Å²) in [5.74, 6) is 1.34. The van der Waals surface area contributed by atoms with Crippen LogP contribution in [0.3, 0.4) is 0 Å². The van der Waals surface area contributed by atoms with Crippen molar-refractivity contribution in [1.29, 1.82) is 0 Å². The van der Waals surface area contributed by atoms with Crippen molar-refractivity contribution in [3.8, 4) is 5.82 Å². The highest BCUT2D eigenvalue weighted by molar-refractivity contribution is 5.62. The molecule has 2 rings (SSSR count). The molecule has 0 spiro atoms. The third-order valence-corrected chi connectivity index (χ3v) is 2.95. The van der Waals surface area contributed by atoms with Crippen molar-refractivity contribution in [3.05, 3.63) is 30.1 Å². The van der Waals surface area contributed by atoms with E-state index in [1.165, 1.54) is 0 Å². The minimum atomic E-state index is 0.587. The predicted molar refractivity (Wildman–Crippen MR) is 83.1 cm³/mol. The van der Waals surface area contributed by atoms with Gasteiger partial charge in [0, 0.05) is 18.2 Å². The molecule has 0 atom stereocenters. The molecule has 2 aromatic heterocycles. The number of ether oxygens (including phenoxy) is 1. The number of rotatable bonds is 9. The first kappa shape index (κ1) is 15.3. The number of likely N-dealkylation sites (N-methyl/N-ethyl adjacent to an activating group) is 1. The zero-order valence-corrected chi connectivity index (χ0v) is 12.2. The zero-order valence-electron chi connectivity index (χ0n) is 12.2. The highest BCUT2D eigenvalue weighted by Gasteiger charge is 2.07. The van der Waals surface area contributed by atoms with E-state index in [4.69, 9.17) is 10.5 Å². The van der Waals surface area contributed by atoms with Gasteiger partial charge in [-0.1, -0.05) is 19.1 Å². The Hall–Kier alpha value is -2.12. The van der Waals surface area contributed by atoms with E-state index in [0.29, 0.717) is 12.4 Å². The van der Waals surface area contributed by atoms with Crippen LogP contribution in [0.5, 0.6) is 0 Å². The number of hydrogen-bond donors (Lipinski definition) is 3. The van der Waals surface area contributed by atoms with Gasteiger partial charge in [0.05, 0.1) is 25.6 Å². The molecular weight excluding hydrogens is 268 g/mol. The van der Waals surface area contributed by atoms with Crippen LogP contribution in [0.25, 0.3) is 11.9 Å². The first-order valence-corrected chi connectivity index (χ1v) is 7.11.